The minimum Gasteiger partial charge on any atom is -0.363 e. The van der Waals surface area contributed by atoms with Crippen LogP contribution in [0.5, 0.6) is 0 Å². The Hall–Kier alpha value is -4.43. The number of anilines is 1. The molecule has 1 saturated heterocycles. The smallest absolute Gasteiger partial charge is 0.363 e. The lowest BCUT2D eigenvalue weighted by molar-refractivity contribution is -0.138. The van der Waals surface area contributed by atoms with E-state index < -0.39 is 64.9 Å². The highest BCUT2D eigenvalue weighted by Crippen LogP contribution is 2.34. The molecule has 0 aliphatic carbocycles. The van der Waals surface area contributed by atoms with Crippen LogP contribution in [0.4, 0.5) is 36.4 Å². The van der Waals surface area contributed by atoms with Gasteiger partial charge in [-0.3, -0.25) is 18.8 Å². The van der Waals surface area contributed by atoms with Gasteiger partial charge >= 0.3 is 11.9 Å². The Morgan fingerprint density at radius 2 is 1.49 bits per heavy atom. The summed E-state index contributed by atoms with van der Waals surface area (Å²) in [6, 6.07) is 12.2. The molecule has 5 rings (SSSR count). The first-order valence-corrected chi connectivity index (χ1v) is 14.8. The predicted molar refractivity (Wildman–Crippen MR) is 162 cm³/mol. The predicted octanol–water partition coefficient (Wildman–Crippen LogP) is 5.60. The largest absolute Gasteiger partial charge is 0.416 e. The zero-order valence-electron chi connectivity index (χ0n) is 25.5. The summed E-state index contributed by atoms with van der Waals surface area (Å²) in [5.74, 6) is -3.00. The lowest BCUT2D eigenvalue weighted by Gasteiger charge is -2.38. The second-order valence-electron chi connectivity index (χ2n) is 11.4. The van der Waals surface area contributed by atoms with E-state index in [-0.39, 0.29) is 55.2 Å². The minimum absolute atomic E-state index is 0.00867. The van der Waals surface area contributed by atoms with Crippen molar-refractivity contribution in [1.82, 2.24) is 14.0 Å². The molecule has 250 valence electrons. The van der Waals surface area contributed by atoms with E-state index in [1.165, 1.54) is 18.7 Å². The quantitative estimate of drug-likeness (QED) is 0.196. The number of nitrogens with zero attached hydrogens (tertiary/aromatic N) is 4. The fraction of sp³-hybridized carbons (Fsp3) is 0.333. The van der Waals surface area contributed by atoms with E-state index in [1.807, 2.05) is 0 Å². The number of nitrogens with two attached hydrogens (primary N) is 1. The Balaban J connectivity index is 1.54. The van der Waals surface area contributed by atoms with Crippen LogP contribution in [0.3, 0.4) is 0 Å². The number of benzene rings is 3. The second-order valence-corrected chi connectivity index (χ2v) is 11.4. The van der Waals surface area contributed by atoms with Gasteiger partial charge in [0.25, 0.3) is 5.56 Å². The molecule has 0 radical (unpaired) electrons. The second kappa shape index (κ2) is 13.4. The summed E-state index contributed by atoms with van der Waals surface area (Å²) >= 11 is 0. The van der Waals surface area contributed by atoms with Crippen LogP contribution in [0, 0.1) is 31.3 Å². The molecule has 7 nitrogen and oxygen atoms in total. The van der Waals surface area contributed by atoms with Gasteiger partial charge in [0.2, 0.25) is 0 Å². The van der Waals surface area contributed by atoms with E-state index in [4.69, 9.17) is 5.73 Å². The number of hydrogen-bond acceptors (Lipinski definition) is 5. The molecule has 14 heteroatoms. The normalized spacial score (nSPS) is 15.6. The first-order valence-electron chi connectivity index (χ1n) is 14.8. The fourth-order valence-electron chi connectivity index (χ4n) is 5.88. The van der Waals surface area contributed by atoms with Crippen LogP contribution in [0.15, 0.2) is 70.3 Å². The summed E-state index contributed by atoms with van der Waals surface area (Å²) in [6.45, 7) is 1.36. The summed E-state index contributed by atoms with van der Waals surface area (Å²) in [5.41, 5.74) is 2.40. The molecular weight excluding hydrogens is 631 g/mol. The van der Waals surface area contributed by atoms with Crippen LogP contribution >= 0.6 is 0 Å². The van der Waals surface area contributed by atoms with E-state index in [2.05, 4.69) is 0 Å². The average molecular weight is 664 g/mol. The molecule has 0 saturated carbocycles. The maximum atomic E-state index is 15.5. The molecule has 4 aromatic rings. The number of piperazine rings is 1. The van der Waals surface area contributed by atoms with Crippen molar-refractivity contribution in [2.45, 2.75) is 45.5 Å². The van der Waals surface area contributed by atoms with E-state index in [1.54, 1.807) is 35.2 Å². The highest BCUT2D eigenvalue weighted by Gasteiger charge is 2.36. The molecule has 2 unspecified atom stereocenters. The van der Waals surface area contributed by atoms with Gasteiger partial charge in [0.15, 0.2) is 6.30 Å². The van der Waals surface area contributed by atoms with Crippen LogP contribution in [-0.4, -0.2) is 40.2 Å². The standard InChI is InChI=1S/C33H32F7N5O2/c1-19-25(34)12-11-22(28(19)36)30(37)43-15-13-42(14-16-43)29-20(2)44(17-23-24(33(38,39)40)9-6-10-26(23)35)32(47)45(31(29)46)18-27(41)21-7-4-3-5-8-21/h3-12,27,30H,13-18,41H2,1-2H3. The summed E-state index contributed by atoms with van der Waals surface area (Å²) < 4.78 is 102. The summed E-state index contributed by atoms with van der Waals surface area (Å²) in [6.07, 6.45) is -6.85. The summed E-state index contributed by atoms with van der Waals surface area (Å²) in [7, 11) is 0. The Bertz CT molecular complexity index is 1880. The molecule has 1 aromatic heterocycles. The van der Waals surface area contributed by atoms with Gasteiger partial charge in [0.1, 0.15) is 23.1 Å². The van der Waals surface area contributed by atoms with Gasteiger partial charge < -0.3 is 10.6 Å². The molecule has 1 fully saturated rings. The fourth-order valence-corrected chi connectivity index (χ4v) is 5.88. The zero-order chi connectivity index (χ0) is 34.2. The SMILES string of the molecule is Cc1c(F)ccc(C(F)N2CCN(c3c(C)n(Cc4c(F)cccc4C(F)(F)F)c(=O)n(CC(N)c4ccccc4)c3=O)CC2)c1F. The van der Waals surface area contributed by atoms with Crippen molar-refractivity contribution in [2.75, 3.05) is 31.1 Å². The van der Waals surface area contributed by atoms with E-state index in [0.717, 1.165) is 33.4 Å². The minimum atomic E-state index is -4.93. The lowest BCUT2D eigenvalue weighted by Crippen LogP contribution is -2.52. The van der Waals surface area contributed by atoms with Crippen LogP contribution in [0.25, 0.3) is 0 Å². The molecule has 0 bridgehead atoms. The van der Waals surface area contributed by atoms with Gasteiger partial charge in [-0.05, 0) is 43.7 Å². The zero-order valence-corrected chi connectivity index (χ0v) is 25.5. The molecule has 2 atom stereocenters. The number of aromatic nitrogens is 2. The first kappa shape index (κ1) is 33.9. The summed E-state index contributed by atoms with van der Waals surface area (Å²) in [4.78, 5) is 30.6. The number of alkyl halides is 4. The van der Waals surface area contributed by atoms with Crippen molar-refractivity contribution in [3.63, 3.8) is 0 Å². The van der Waals surface area contributed by atoms with Gasteiger partial charge in [-0.1, -0.05) is 36.4 Å². The van der Waals surface area contributed by atoms with Crippen molar-refractivity contribution >= 4 is 5.69 Å². The van der Waals surface area contributed by atoms with Crippen molar-refractivity contribution in [3.8, 4) is 0 Å². The van der Waals surface area contributed by atoms with E-state index in [9.17, 15) is 35.9 Å². The molecule has 0 spiro atoms. The third kappa shape index (κ3) is 6.70. The van der Waals surface area contributed by atoms with Crippen molar-refractivity contribution in [3.05, 3.63) is 132 Å². The Labute approximate surface area is 265 Å². The van der Waals surface area contributed by atoms with Gasteiger partial charge in [0, 0.05) is 54.6 Å². The van der Waals surface area contributed by atoms with Gasteiger partial charge in [-0.25, -0.2) is 22.4 Å². The number of rotatable bonds is 8. The summed E-state index contributed by atoms with van der Waals surface area (Å²) in [5, 5.41) is 0. The molecule has 1 aliphatic rings. The average Bonchev–Trinajstić information content (AvgIpc) is 3.04. The third-order valence-corrected chi connectivity index (χ3v) is 8.56. The molecule has 1 aliphatic heterocycles. The van der Waals surface area contributed by atoms with Gasteiger partial charge in [-0.2, -0.15) is 13.2 Å². The van der Waals surface area contributed by atoms with Crippen LogP contribution in [-0.2, 0) is 19.3 Å². The Morgan fingerprint density at radius 3 is 2.13 bits per heavy atom. The number of hydrogen-bond donors (Lipinski definition) is 1. The van der Waals surface area contributed by atoms with Crippen molar-refractivity contribution < 1.29 is 30.7 Å². The Morgan fingerprint density at radius 1 is 0.830 bits per heavy atom. The van der Waals surface area contributed by atoms with Gasteiger partial charge in [0.05, 0.1) is 18.7 Å². The maximum Gasteiger partial charge on any atom is 0.416 e. The van der Waals surface area contributed by atoms with Gasteiger partial charge in [-0.15, -0.1) is 0 Å². The van der Waals surface area contributed by atoms with E-state index in [0.29, 0.717) is 11.6 Å². The monoisotopic (exact) mass is 663 g/mol. The third-order valence-electron chi connectivity index (χ3n) is 8.56. The highest BCUT2D eigenvalue weighted by molar-refractivity contribution is 5.50. The topological polar surface area (TPSA) is 76.5 Å². The van der Waals surface area contributed by atoms with E-state index >= 15 is 4.39 Å². The molecular formula is C33H32F7N5O2. The molecule has 2 heterocycles. The highest BCUT2D eigenvalue weighted by atomic mass is 19.4. The van der Waals surface area contributed by atoms with Crippen molar-refractivity contribution in [2.24, 2.45) is 5.73 Å². The van der Waals surface area contributed by atoms with Crippen molar-refractivity contribution in [1.29, 1.82) is 0 Å². The molecule has 0 amide bonds. The first-order chi connectivity index (χ1) is 22.2. The van der Waals surface area contributed by atoms with Crippen LogP contribution < -0.4 is 21.9 Å². The molecule has 3 aromatic carbocycles. The number of halogens is 7. The Kier molecular flexibility index (Phi) is 9.64. The van der Waals surface area contributed by atoms with Crippen LogP contribution in [0.2, 0.25) is 0 Å². The van der Waals surface area contributed by atoms with Crippen LogP contribution in [0.1, 0.15) is 45.8 Å². The molecule has 2 N–H and O–H groups in total. The molecule has 47 heavy (non-hydrogen) atoms. The maximum absolute atomic E-state index is 15.5. The lowest BCUT2D eigenvalue weighted by atomic mass is 10.1.